The number of halogens is 1. The minimum absolute atomic E-state index is 0. The summed E-state index contributed by atoms with van der Waals surface area (Å²) in [7, 11) is 0. The first-order valence-corrected chi connectivity index (χ1v) is 5.38. The van der Waals surface area contributed by atoms with E-state index in [-0.39, 0.29) is 30.4 Å². The first kappa shape index (κ1) is 16.4. The van der Waals surface area contributed by atoms with Crippen LogP contribution >= 0.6 is 0 Å². The number of carbonyl (C=O) groups is 1. The normalized spacial score (nSPS) is 11.1. The maximum Gasteiger partial charge on any atom is 0.286 e. The molecule has 0 radical (unpaired) electrons. The van der Waals surface area contributed by atoms with Gasteiger partial charge in [-0.1, -0.05) is 5.16 Å². The molecule has 100 valence electrons. The molecule has 6 heteroatoms. The van der Waals surface area contributed by atoms with E-state index in [1.54, 1.807) is 29.1 Å². The number of hydrogen-bond donors (Lipinski definition) is 2. The van der Waals surface area contributed by atoms with Gasteiger partial charge in [0.2, 0.25) is 6.54 Å². The number of pyridine rings is 1. The van der Waals surface area contributed by atoms with Crippen LogP contribution in [0.15, 0.2) is 29.7 Å². The SMILES string of the molecule is CC(C)(C)NC(=O)C[n+]1cccc(/C=N/O)c1.[Cl-]. The summed E-state index contributed by atoms with van der Waals surface area (Å²) in [6.07, 6.45) is 4.84. The molecule has 5 nitrogen and oxygen atoms in total. The second kappa shape index (κ2) is 6.96. The Balaban J connectivity index is 0.00000289. The molecular formula is C12H18ClN3O2. The fourth-order valence-electron chi connectivity index (χ4n) is 1.41. The van der Waals surface area contributed by atoms with Gasteiger partial charge in [-0.05, 0) is 26.8 Å². The molecule has 0 aliphatic carbocycles. The molecule has 0 spiro atoms. The number of amides is 1. The molecule has 0 aromatic carbocycles. The fraction of sp³-hybridized carbons (Fsp3) is 0.417. The van der Waals surface area contributed by atoms with Gasteiger partial charge in [-0.15, -0.1) is 0 Å². The summed E-state index contributed by atoms with van der Waals surface area (Å²) in [6.45, 7) is 6.05. The molecule has 0 aliphatic heterocycles. The van der Waals surface area contributed by atoms with Crippen LogP contribution in [0.25, 0.3) is 0 Å². The highest BCUT2D eigenvalue weighted by Gasteiger charge is 2.16. The van der Waals surface area contributed by atoms with Gasteiger partial charge in [0.25, 0.3) is 5.91 Å². The Morgan fingerprint density at radius 1 is 1.56 bits per heavy atom. The van der Waals surface area contributed by atoms with Gasteiger partial charge in [0.1, 0.15) is 0 Å². The topological polar surface area (TPSA) is 65.6 Å². The summed E-state index contributed by atoms with van der Waals surface area (Å²) >= 11 is 0. The van der Waals surface area contributed by atoms with Crippen molar-refractivity contribution >= 4 is 12.1 Å². The van der Waals surface area contributed by atoms with Gasteiger partial charge in [-0.2, -0.15) is 4.57 Å². The summed E-state index contributed by atoms with van der Waals surface area (Å²) < 4.78 is 1.73. The van der Waals surface area contributed by atoms with Crippen LogP contribution in [-0.2, 0) is 11.3 Å². The Hall–Kier alpha value is -1.62. The van der Waals surface area contributed by atoms with E-state index in [9.17, 15) is 4.79 Å². The molecule has 1 aromatic rings. The van der Waals surface area contributed by atoms with Crippen molar-refractivity contribution in [3.8, 4) is 0 Å². The lowest BCUT2D eigenvalue weighted by atomic mass is 10.1. The van der Waals surface area contributed by atoms with Crippen molar-refractivity contribution in [1.29, 1.82) is 0 Å². The smallest absolute Gasteiger partial charge is 0.286 e. The van der Waals surface area contributed by atoms with Gasteiger partial charge in [0, 0.05) is 11.6 Å². The van der Waals surface area contributed by atoms with Gasteiger partial charge >= 0.3 is 0 Å². The zero-order chi connectivity index (χ0) is 12.9. The van der Waals surface area contributed by atoms with E-state index in [1.807, 2.05) is 20.8 Å². The number of hydrogen-bond acceptors (Lipinski definition) is 3. The number of oxime groups is 1. The highest BCUT2D eigenvalue weighted by Crippen LogP contribution is 1.97. The molecule has 18 heavy (non-hydrogen) atoms. The van der Waals surface area contributed by atoms with Crippen molar-refractivity contribution in [2.24, 2.45) is 5.16 Å². The van der Waals surface area contributed by atoms with Crippen LogP contribution in [0.2, 0.25) is 0 Å². The molecule has 0 unspecified atom stereocenters. The number of aromatic nitrogens is 1. The van der Waals surface area contributed by atoms with Gasteiger partial charge < -0.3 is 22.9 Å². The van der Waals surface area contributed by atoms with Gasteiger partial charge in [-0.3, -0.25) is 4.79 Å². The second-order valence-corrected chi connectivity index (χ2v) is 4.85. The molecular weight excluding hydrogens is 254 g/mol. The minimum atomic E-state index is -0.234. The minimum Gasteiger partial charge on any atom is -1.00 e. The third-order valence-corrected chi connectivity index (χ3v) is 1.93. The van der Waals surface area contributed by atoms with E-state index in [2.05, 4.69) is 10.5 Å². The van der Waals surface area contributed by atoms with Crippen LogP contribution in [0.1, 0.15) is 26.3 Å². The Kier molecular flexibility index (Phi) is 6.33. The van der Waals surface area contributed by atoms with E-state index in [0.29, 0.717) is 0 Å². The zero-order valence-corrected chi connectivity index (χ0v) is 11.5. The molecule has 0 atom stereocenters. The maximum absolute atomic E-state index is 11.7. The third kappa shape index (κ3) is 6.20. The average molecular weight is 272 g/mol. The van der Waals surface area contributed by atoms with E-state index in [0.717, 1.165) is 5.56 Å². The Morgan fingerprint density at radius 3 is 2.78 bits per heavy atom. The van der Waals surface area contributed by atoms with Crippen molar-refractivity contribution in [1.82, 2.24) is 5.32 Å². The second-order valence-electron chi connectivity index (χ2n) is 4.85. The van der Waals surface area contributed by atoms with Crippen molar-refractivity contribution in [2.75, 3.05) is 0 Å². The highest BCUT2D eigenvalue weighted by molar-refractivity contribution is 5.78. The quantitative estimate of drug-likeness (QED) is 0.281. The number of nitrogens with one attached hydrogen (secondary N) is 1. The fourth-order valence-corrected chi connectivity index (χ4v) is 1.41. The molecule has 0 saturated carbocycles. The van der Waals surface area contributed by atoms with Crippen molar-refractivity contribution in [3.05, 3.63) is 30.1 Å². The van der Waals surface area contributed by atoms with Crippen LogP contribution in [0.3, 0.4) is 0 Å². The number of carbonyl (C=O) groups excluding carboxylic acids is 1. The Bertz CT molecular complexity index is 428. The largest absolute Gasteiger partial charge is 1.00 e. The van der Waals surface area contributed by atoms with Crippen LogP contribution in [0.5, 0.6) is 0 Å². The average Bonchev–Trinajstić information content (AvgIpc) is 2.15. The molecule has 2 N–H and O–H groups in total. The zero-order valence-electron chi connectivity index (χ0n) is 10.7. The predicted octanol–water partition coefficient (Wildman–Crippen LogP) is -2.30. The third-order valence-electron chi connectivity index (χ3n) is 1.93. The summed E-state index contributed by atoms with van der Waals surface area (Å²) in [5.74, 6) is -0.0550. The maximum atomic E-state index is 11.7. The van der Waals surface area contributed by atoms with Crippen LogP contribution in [0, 0.1) is 0 Å². The summed E-state index contributed by atoms with van der Waals surface area (Å²) in [5.41, 5.74) is 0.500. The summed E-state index contributed by atoms with van der Waals surface area (Å²) in [4.78, 5) is 11.7. The van der Waals surface area contributed by atoms with Gasteiger partial charge in [0.05, 0.1) is 11.8 Å². The lowest BCUT2D eigenvalue weighted by molar-refractivity contribution is -0.684. The van der Waals surface area contributed by atoms with E-state index in [4.69, 9.17) is 5.21 Å². The lowest BCUT2D eigenvalue weighted by Gasteiger charge is -2.19. The van der Waals surface area contributed by atoms with Crippen molar-refractivity contribution < 1.29 is 27.0 Å². The van der Waals surface area contributed by atoms with E-state index in [1.165, 1.54) is 6.21 Å². The standard InChI is InChI=1S/C12H17N3O2.ClH/c1-12(2,3)14-11(16)9-15-6-4-5-10(8-15)7-13-17;/h4-8H,9H2,1-3H3,(H-,14,16,17);1H/b13-7+;. The Labute approximate surface area is 113 Å². The molecule has 1 amide bonds. The van der Waals surface area contributed by atoms with E-state index < -0.39 is 0 Å². The number of rotatable bonds is 3. The van der Waals surface area contributed by atoms with Crippen molar-refractivity contribution in [2.45, 2.75) is 32.9 Å². The van der Waals surface area contributed by atoms with Crippen LogP contribution in [0.4, 0.5) is 0 Å². The molecule has 0 saturated heterocycles. The summed E-state index contributed by atoms with van der Waals surface area (Å²) in [5, 5.41) is 14.2. The predicted molar refractivity (Wildman–Crippen MR) is 63.9 cm³/mol. The molecule has 0 aliphatic rings. The number of nitrogens with zero attached hydrogens (tertiary/aromatic N) is 2. The van der Waals surface area contributed by atoms with Crippen molar-refractivity contribution in [3.63, 3.8) is 0 Å². The Morgan fingerprint density at radius 2 is 2.22 bits per heavy atom. The molecule has 1 heterocycles. The molecule has 0 bridgehead atoms. The van der Waals surface area contributed by atoms with E-state index >= 15 is 0 Å². The molecule has 0 fully saturated rings. The van der Waals surface area contributed by atoms with Crippen LogP contribution < -0.4 is 22.3 Å². The molecule has 1 aromatic heterocycles. The highest BCUT2D eigenvalue weighted by atomic mass is 35.5. The monoisotopic (exact) mass is 271 g/mol. The first-order valence-electron chi connectivity index (χ1n) is 5.38. The first-order chi connectivity index (χ1) is 7.90. The van der Waals surface area contributed by atoms with Gasteiger partial charge in [-0.25, -0.2) is 0 Å². The van der Waals surface area contributed by atoms with Crippen LogP contribution in [-0.4, -0.2) is 22.9 Å². The lowest BCUT2D eigenvalue weighted by Crippen LogP contribution is -3.00. The molecule has 1 rings (SSSR count). The summed E-state index contributed by atoms with van der Waals surface area (Å²) in [6, 6.07) is 3.58. The van der Waals surface area contributed by atoms with Gasteiger partial charge in [0.15, 0.2) is 12.4 Å².